The van der Waals surface area contributed by atoms with Crippen molar-refractivity contribution in [3.8, 4) is 0 Å². The largest absolute Gasteiger partial charge is 0.336 e. The van der Waals surface area contributed by atoms with Crippen LogP contribution in [0.2, 0.25) is 0 Å². The third-order valence-electron chi connectivity index (χ3n) is 4.16. The molecule has 0 aliphatic carbocycles. The normalized spacial score (nSPS) is 14.8. The van der Waals surface area contributed by atoms with Crippen LogP contribution in [0.1, 0.15) is 34.9 Å². The van der Waals surface area contributed by atoms with Crippen LogP contribution in [0.25, 0.3) is 0 Å². The van der Waals surface area contributed by atoms with Crippen molar-refractivity contribution in [2.45, 2.75) is 25.4 Å². The molecule has 1 aliphatic rings. The molecule has 0 atom stereocenters. The summed E-state index contributed by atoms with van der Waals surface area (Å²) in [6.07, 6.45) is 3.55. The van der Waals surface area contributed by atoms with E-state index in [0.29, 0.717) is 5.56 Å². The molecule has 0 bridgehead atoms. The summed E-state index contributed by atoms with van der Waals surface area (Å²) >= 11 is 0. The highest BCUT2D eigenvalue weighted by Gasteiger charge is 2.21. The number of hydrogen-bond acceptors (Lipinski definition) is 4. The summed E-state index contributed by atoms with van der Waals surface area (Å²) in [5.41, 5.74) is 0.758. The molecule has 0 radical (unpaired) electrons. The minimum absolute atomic E-state index is 0. The second-order valence-corrected chi connectivity index (χ2v) is 5.97. The first-order valence-electron chi connectivity index (χ1n) is 7.86. The summed E-state index contributed by atoms with van der Waals surface area (Å²) in [5.74, 6) is -2.14. The highest BCUT2D eigenvalue weighted by atomic mass is 35.5. The van der Waals surface area contributed by atoms with Crippen LogP contribution in [0.5, 0.6) is 0 Å². The van der Waals surface area contributed by atoms with Gasteiger partial charge >= 0.3 is 0 Å². The van der Waals surface area contributed by atoms with E-state index >= 15 is 0 Å². The number of benzene rings is 1. The van der Waals surface area contributed by atoms with Gasteiger partial charge in [-0.25, -0.2) is 13.5 Å². The monoisotopic (exact) mass is 371 g/mol. The fourth-order valence-corrected chi connectivity index (χ4v) is 2.80. The summed E-state index contributed by atoms with van der Waals surface area (Å²) in [6, 6.07) is 3.84. The molecule has 1 N–H and O–H groups in total. The number of carbonyl (C=O) groups is 1. The minimum Gasteiger partial charge on any atom is -0.336 e. The quantitative estimate of drug-likeness (QED) is 0.894. The molecule has 3 rings (SSSR count). The van der Waals surface area contributed by atoms with E-state index < -0.39 is 11.6 Å². The van der Waals surface area contributed by atoms with Gasteiger partial charge in [-0.3, -0.25) is 4.79 Å². The van der Waals surface area contributed by atoms with Gasteiger partial charge in [-0.15, -0.1) is 17.5 Å². The molecular formula is C16H20ClF2N5O. The Morgan fingerprint density at radius 3 is 2.72 bits per heavy atom. The average Bonchev–Trinajstić information content (AvgIpc) is 3.08. The van der Waals surface area contributed by atoms with Gasteiger partial charge < -0.3 is 10.2 Å². The first kappa shape index (κ1) is 19.3. The molecule has 1 saturated heterocycles. The molecule has 6 nitrogen and oxygen atoms in total. The predicted octanol–water partition coefficient (Wildman–Crippen LogP) is 2.17. The topological polar surface area (TPSA) is 63.1 Å². The Morgan fingerprint density at radius 2 is 2.04 bits per heavy atom. The number of piperidine rings is 1. The molecule has 0 saturated carbocycles. The molecule has 1 amide bonds. The van der Waals surface area contributed by atoms with Crippen LogP contribution >= 0.6 is 12.4 Å². The van der Waals surface area contributed by atoms with E-state index in [9.17, 15) is 13.6 Å². The number of nitrogens with zero attached hydrogens (tertiary/aromatic N) is 4. The smallest absolute Gasteiger partial charge is 0.276 e. The number of hydrogen-bond donors (Lipinski definition) is 1. The minimum atomic E-state index is -0.926. The van der Waals surface area contributed by atoms with Crippen molar-refractivity contribution < 1.29 is 13.6 Å². The van der Waals surface area contributed by atoms with Crippen LogP contribution in [-0.2, 0) is 6.54 Å². The summed E-state index contributed by atoms with van der Waals surface area (Å²) < 4.78 is 27.9. The zero-order chi connectivity index (χ0) is 17.1. The van der Waals surface area contributed by atoms with Gasteiger partial charge in [-0.05, 0) is 43.6 Å². The van der Waals surface area contributed by atoms with E-state index in [4.69, 9.17) is 0 Å². The number of aromatic nitrogens is 3. The van der Waals surface area contributed by atoms with Crippen LogP contribution < -0.4 is 5.32 Å². The molecule has 0 unspecified atom stereocenters. The Kier molecular flexibility index (Phi) is 6.44. The van der Waals surface area contributed by atoms with Crippen LogP contribution in [0, 0.1) is 11.6 Å². The van der Waals surface area contributed by atoms with Crippen LogP contribution in [0.15, 0.2) is 24.4 Å². The van der Waals surface area contributed by atoms with Crippen molar-refractivity contribution in [1.29, 1.82) is 0 Å². The van der Waals surface area contributed by atoms with E-state index in [-0.39, 0.29) is 36.6 Å². The fraction of sp³-hybridized carbons (Fsp3) is 0.438. The lowest BCUT2D eigenvalue weighted by molar-refractivity contribution is 0.0779. The number of rotatable bonds is 4. The molecule has 1 fully saturated rings. The molecule has 2 heterocycles. The van der Waals surface area contributed by atoms with Gasteiger partial charge in [0.1, 0.15) is 0 Å². The van der Waals surface area contributed by atoms with Crippen molar-refractivity contribution in [3.05, 3.63) is 47.3 Å². The summed E-state index contributed by atoms with van der Waals surface area (Å²) in [7, 11) is 1.59. The van der Waals surface area contributed by atoms with Gasteiger partial charge in [0.15, 0.2) is 17.3 Å². The number of nitrogens with one attached hydrogen (secondary N) is 1. The van der Waals surface area contributed by atoms with E-state index in [1.165, 1.54) is 11.0 Å². The maximum atomic E-state index is 13.3. The van der Waals surface area contributed by atoms with E-state index in [2.05, 4.69) is 15.6 Å². The third-order valence-corrected chi connectivity index (χ3v) is 4.16. The van der Waals surface area contributed by atoms with Gasteiger partial charge in [0.05, 0.1) is 12.2 Å². The zero-order valence-electron chi connectivity index (χ0n) is 13.8. The lowest BCUT2D eigenvalue weighted by Crippen LogP contribution is -2.29. The summed E-state index contributed by atoms with van der Waals surface area (Å²) in [6.45, 7) is 2.00. The van der Waals surface area contributed by atoms with Crippen molar-refractivity contribution >= 4 is 18.3 Å². The Hall–Kier alpha value is -2.06. The molecule has 9 heteroatoms. The second-order valence-electron chi connectivity index (χ2n) is 5.97. The molecule has 1 aromatic heterocycles. The van der Waals surface area contributed by atoms with E-state index in [1.807, 2.05) is 0 Å². The van der Waals surface area contributed by atoms with Gasteiger partial charge in [-0.1, -0.05) is 11.3 Å². The van der Waals surface area contributed by atoms with Gasteiger partial charge in [-0.2, -0.15) is 0 Å². The highest BCUT2D eigenvalue weighted by Crippen LogP contribution is 2.18. The Balaban J connectivity index is 0.00000225. The van der Waals surface area contributed by atoms with Crippen LogP contribution in [0.4, 0.5) is 8.78 Å². The van der Waals surface area contributed by atoms with Gasteiger partial charge in [0.25, 0.3) is 5.91 Å². The zero-order valence-corrected chi connectivity index (χ0v) is 14.6. The molecule has 1 aliphatic heterocycles. The van der Waals surface area contributed by atoms with Crippen molar-refractivity contribution in [1.82, 2.24) is 25.2 Å². The SMILES string of the molecule is CN(Cc1ccc(F)c(F)c1)C(=O)c1cn(C2CCNCC2)nn1.Cl. The second kappa shape index (κ2) is 8.35. The van der Waals surface area contributed by atoms with Gasteiger partial charge in [0, 0.05) is 13.6 Å². The number of amides is 1. The molecule has 1 aromatic carbocycles. The van der Waals surface area contributed by atoms with Crippen LogP contribution in [-0.4, -0.2) is 45.9 Å². The van der Waals surface area contributed by atoms with Crippen molar-refractivity contribution in [3.63, 3.8) is 0 Å². The first-order chi connectivity index (χ1) is 11.5. The Bertz CT molecular complexity index is 733. The third kappa shape index (κ3) is 4.52. The Labute approximate surface area is 150 Å². The first-order valence-corrected chi connectivity index (χ1v) is 7.86. The maximum absolute atomic E-state index is 13.3. The molecule has 0 spiro atoms. The summed E-state index contributed by atoms with van der Waals surface area (Å²) in [4.78, 5) is 13.8. The average molecular weight is 372 g/mol. The predicted molar refractivity (Wildman–Crippen MR) is 90.6 cm³/mol. The van der Waals surface area contributed by atoms with Crippen molar-refractivity contribution in [2.75, 3.05) is 20.1 Å². The number of carbonyl (C=O) groups excluding carboxylic acids is 1. The lowest BCUT2D eigenvalue weighted by atomic mass is 10.1. The van der Waals surface area contributed by atoms with Gasteiger partial charge in [0.2, 0.25) is 0 Å². The standard InChI is InChI=1S/C16H19F2N5O.ClH/c1-22(9-11-2-3-13(17)14(18)8-11)16(24)15-10-23(21-20-15)12-4-6-19-7-5-12;/h2-3,8,10,12,19H,4-7,9H2,1H3;1H. The Morgan fingerprint density at radius 1 is 1.32 bits per heavy atom. The highest BCUT2D eigenvalue weighted by molar-refractivity contribution is 5.91. The molecular weight excluding hydrogens is 352 g/mol. The van der Waals surface area contributed by atoms with Crippen LogP contribution in [0.3, 0.4) is 0 Å². The number of halogens is 3. The molecule has 136 valence electrons. The lowest BCUT2D eigenvalue weighted by Gasteiger charge is -2.22. The molecule has 2 aromatic rings. The van der Waals surface area contributed by atoms with Crippen molar-refractivity contribution in [2.24, 2.45) is 0 Å². The van der Waals surface area contributed by atoms with E-state index in [0.717, 1.165) is 38.1 Å². The maximum Gasteiger partial charge on any atom is 0.276 e. The fourth-order valence-electron chi connectivity index (χ4n) is 2.80. The van der Waals surface area contributed by atoms with E-state index in [1.54, 1.807) is 17.9 Å². The summed E-state index contributed by atoms with van der Waals surface area (Å²) in [5, 5.41) is 11.3. The molecule has 25 heavy (non-hydrogen) atoms.